The van der Waals surface area contributed by atoms with Crippen LogP contribution in [0.3, 0.4) is 0 Å². The van der Waals surface area contributed by atoms with Gasteiger partial charge in [-0.2, -0.15) is 5.10 Å². The summed E-state index contributed by atoms with van der Waals surface area (Å²) in [4.78, 5) is 29.1. The molecule has 0 fully saturated rings. The predicted molar refractivity (Wildman–Crippen MR) is 93.0 cm³/mol. The number of benzene rings is 1. The van der Waals surface area contributed by atoms with Gasteiger partial charge in [-0.3, -0.25) is 18.8 Å². The molecule has 1 aliphatic rings. The van der Waals surface area contributed by atoms with Crippen LogP contribution in [0.1, 0.15) is 30.0 Å². The summed E-state index contributed by atoms with van der Waals surface area (Å²) in [6, 6.07) is 8.20. The molecular weight excluding hydrogens is 318 g/mol. The topological polar surface area (TPSA) is 81.8 Å². The summed E-state index contributed by atoms with van der Waals surface area (Å²) in [5.74, 6) is -0.186. The second-order valence-electron chi connectivity index (χ2n) is 6.39. The molecule has 25 heavy (non-hydrogen) atoms. The third kappa shape index (κ3) is 2.82. The first-order chi connectivity index (χ1) is 12.1. The van der Waals surface area contributed by atoms with E-state index in [1.807, 2.05) is 12.1 Å². The second-order valence-corrected chi connectivity index (χ2v) is 6.39. The number of fused-ring (bicyclic) bond motifs is 2. The first-order valence-electron chi connectivity index (χ1n) is 8.38. The van der Waals surface area contributed by atoms with Crippen LogP contribution < -0.4 is 10.9 Å². The Labute approximate surface area is 144 Å². The van der Waals surface area contributed by atoms with Crippen molar-refractivity contribution in [3.05, 3.63) is 58.3 Å². The van der Waals surface area contributed by atoms with Gasteiger partial charge in [-0.05, 0) is 30.4 Å². The summed E-state index contributed by atoms with van der Waals surface area (Å²) in [5, 5.41) is 7.51. The van der Waals surface area contributed by atoms with Crippen molar-refractivity contribution in [1.29, 1.82) is 0 Å². The molecule has 0 aliphatic heterocycles. The Morgan fingerprint density at radius 2 is 2.20 bits per heavy atom. The van der Waals surface area contributed by atoms with Crippen molar-refractivity contribution in [2.24, 2.45) is 7.05 Å². The van der Waals surface area contributed by atoms with E-state index in [9.17, 15) is 9.59 Å². The van der Waals surface area contributed by atoms with Crippen molar-refractivity contribution >= 4 is 16.9 Å². The molecule has 0 saturated heterocycles. The van der Waals surface area contributed by atoms with Crippen LogP contribution in [-0.2, 0) is 24.8 Å². The monoisotopic (exact) mass is 337 g/mol. The molecule has 7 nitrogen and oxygen atoms in total. The standard InChI is InChI=1S/C18H19N5O2/c1-22-17-14(9-20-22)18(25)23(11-19-17)10-16(24)21-15-8-4-6-12-5-2-3-7-13(12)15/h2-3,5,7,9,11,15H,4,6,8,10H2,1H3,(H,21,24)/t15-/m1/s1. The molecule has 4 rings (SSSR count). The van der Waals surface area contributed by atoms with Gasteiger partial charge in [0, 0.05) is 7.05 Å². The van der Waals surface area contributed by atoms with E-state index in [1.54, 1.807) is 11.7 Å². The molecule has 128 valence electrons. The van der Waals surface area contributed by atoms with Crippen LogP contribution in [0.5, 0.6) is 0 Å². The van der Waals surface area contributed by atoms with Gasteiger partial charge in [-0.1, -0.05) is 24.3 Å². The van der Waals surface area contributed by atoms with Crippen molar-refractivity contribution in [3.8, 4) is 0 Å². The lowest BCUT2D eigenvalue weighted by atomic mass is 9.88. The van der Waals surface area contributed by atoms with Crippen LogP contribution in [0.2, 0.25) is 0 Å². The molecule has 0 bridgehead atoms. The minimum absolute atomic E-state index is 0.00299. The molecule has 1 amide bonds. The summed E-state index contributed by atoms with van der Waals surface area (Å²) < 4.78 is 2.87. The van der Waals surface area contributed by atoms with Gasteiger partial charge in [0.15, 0.2) is 5.65 Å². The van der Waals surface area contributed by atoms with E-state index in [0.29, 0.717) is 11.0 Å². The highest BCUT2D eigenvalue weighted by Crippen LogP contribution is 2.29. The number of aromatic nitrogens is 4. The normalized spacial score (nSPS) is 16.6. The van der Waals surface area contributed by atoms with E-state index in [2.05, 4.69) is 27.5 Å². The maximum Gasteiger partial charge on any atom is 0.264 e. The lowest BCUT2D eigenvalue weighted by Crippen LogP contribution is -2.36. The van der Waals surface area contributed by atoms with Crippen molar-refractivity contribution in [3.63, 3.8) is 0 Å². The van der Waals surface area contributed by atoms with Gasteiger partial charge in [0.2, 0.25) is 5.91 Å². The van der Waals surface area contributed by atoms with Crippen LogP contribution in [0, 0.1) is 0 Å². The second kappa shape index (κ2) is 6.16. The highest BCUT2D eigenvalue weighted by atomic mass is 16.2. The molecule has 7 heteroatoms. The molecule has 3 aromatic rings. The Balaban J connectivity index is 1.54. The first kappa shape index (κ1) is 15.6. The first-order valence-corrected chi connectivity index (χ1v) is 8.38. The Bertz CT molecular complexity index is 1000. The third-order valence-electron chi connectivity index (χ3n) is 4.74. The Hall–Kier alpha value is -2.96. The van der Waals surface area contributed by atoms with Gasteiger partial charge in [0.1, 0.15) is 18.3 Å². The van der Waals surface area contributed by atoms with E-state index in [1.165, 1.54) is 28.2 Å². The average Bonchev–Trinajstić information content (AvgIpc) is 2.99. The minimum atomic E-state index is -0.253. The number of hydrogen-bond donors (Lipinski definition) is 1. The van der Waals surface area contributed by atoms with Crippen LogP contribution in [0.25, 0.3) is 11.0 Å². The maximum atomic E-state index is 12.5. The van der Waals surface area contributed by atoms with E-state index in [-0.39, 0.29) is 24.1 Å². The molecular formula is C18H19N5O2. The fourth-order valence-electron chi connectivity index (χ4n) is 3.48. The van der Waals surface area contributed by atoms with Crippen LogP contribution in [0.4, 0.5) is 0 Å². The maximum absolute atomic E-state index is 12.5. The average molecular weight is 337 g/mol. The molecule has 0 spiro atoms. The van der Waals surface area contributed by atoms with Crippen molar-refractivity contribution in [2.45, 2.75) is 31.8 Å². The molecule has 1 aliphatic carbocycles. The zero-order valence-corrected chi connectivity index (χ0v) is 14.0. The molecule has 2 aromatic heterocycles. The van der Waals surface area contributed by atoms with Gasteiger partial charge in [-0.25, -0.2) is 4.98 Å². The van der Waals surface area contributed by atoms with Gasteiger partial charge in [-0.15, -0.1) is 0 Å². The van der Waals surface area contributed by atoms with Crippen LogP contribution in [0.15, 0.2) is 41.6 Å². The van der Waals surface area contributed by atoms with Crippen molar-refractivity contribution < 1.29 is 4.79 Å². The van der Waals surface area contributed by atoms with Gasteiger partial charge >= 0.3 is 0 Å². The molecule has 0 saturated carbocycles. The van der Waals surface area contributed by atoms with E-state index >= 15 is 0 Å². The summed E-state index contributed by atoms with van der Waals surface area (Å²) in [7, 11) is 1.73. The number of aryl methyl sites for hydroxylation is 2. The number of amides is 1. The summed E-state index contributed by atoms with van der Waals surface area (Å²) in [6.45, 7) is -0.0463. The highest BCUT2D eigenvalue weighted by molar-refractivity contribution is 5.77. The van der Waals surface area contributed by atoms with Crippen molar-refractivity contribution in [1.82, 2.24) is 24.6 Å². The smallest absolute Gasteiger partial charge is 0.264 e. The van der Waals surface area contributed by atoms with Crippen molar-refractivity contribution in [2.75, 3.05) is 0 Å². The fourth-order valence-corrected chi connectivity index (χ4v) is 3.48. The predicted octanol–water partition coefficient (Wildman–Crippen LogP) is 1.32. The summed E-state index contributed by atoms with van der Waals surface area (Å²) in [5.41, 5.74) is 2.73. The number of nitrogens with zero attached hydrogens (tertiary/aromatic N) is 4. The number of carbonyl (C=O) groups is 1. The van der Waals surface area contributed by atoms with E-state index in [4.69, 9.17) is 0 Å². The molecule has 1 atom stereocenters. The third-order valence-corrected chi connectivity index (χ3v) is 4.74. The number of nitrogens with one attached hydrogen (secondary N) is 1. The largest absolute Gasteiger partial charge is 0.348 e. The Morgan fingerprint density at radius 1 is 1.36 bits per heavy atom. The molecule has 1 N–H and O–H groups in total. The summed E-state index contributed by atoms with van der Waals surface area (Å²) >= 11 is 0. The van der Waals surface area contributed by atoms with E-state index in [0.717, 1.165) is 19.3 Å². The van der Waals surface area contributed by atoms with E-state index < -0.39 is 0 Å². The van der Waals surface area contributed by atoms with Gasteiger partial charge in [0.05, 0.1) is 12.2 Å². The fraction of sp³-hybridized carbons (Fsp3) is 0.333. The van der Waals surface area contributed by atoms with Crippen LogP contribution >= 0.6 is 0 Å². The number of hydrogen-bond acceptors (Lipinski definition) is 4. The Kier molecular flexibility index (Phi) is 3.83. The van der Waals surface area contributed by atoms with Gasteiger partial charge < -0.3 is 5.32 Å². The summed E-state index contributed by atoms with van der Waals surface area (Å²) in [6.07, 6.45) is 5.89. The SMILES string of the molecule is Cn1ncc2c(=O)n(CC(=O)N[C@@H]3CCCc4ccccc43)cnc21. The van der Waals surface area contributed by atoms with Gasteiger partial charge in [0.25, 0.3) is 5.56 Å². The quantitative estimate of drug-likeness (QED) is 0.781. The Morgan fingerprint density at radius 3 is 3.08 bits per heavy atom. The molecule has 2 heterocycles. The number of carbonyl (C=O) groups excluding carboxylic acids is 1. The highest BCUT2D eigenvalue weighted by Gasteiger charge is 2.21. The lowest BCUT2D eigenvalue weighted by molar-refractivity contribution is -0.122. The zero-order chi connectivity index (χ0) is 17.4. The lowest BCUT2D eigenvalue weighted by Gasteiger charge is -2.26. The zero-order valence-electron chi connectivity index (χ0n) is 14.0. The van der Waals surface area contributed by atoms with Crippen LogP contribution in [-0.4, -0.2) is 25.2 Å². The molecule has 0 radical (unpaired) electrons. The number of rotatable bonds is 3. The molecule has 0 unspecified atom stereocenters. The molecule has 1 aromatic carbocycles. The minimum Gasteiger partial charge on any atom is -0.348 e.